The maximum atomic E-state index is 11.8. The number of thioether (sulfide) groups is 1. The van der Waals surface area contributed by atoms with Crippen LogP contribution >= 0.6 is 27.7 Å². The maximum absolute atomic E-state index is 11.8. The fourth-order valence-corrected chi connectivity index (χ4v) is 1.99. The Kier molecular flexibility index (Phi) is 3.67. The highest BCUT2D eigenvalue weighted by molar-refractivity contribution is 9.10. The van der Waals surface area contributed by atoms with Gasteiger partial charge < -0.3 is 0 Å². The van der Waals surface area contributed by atoms with E-state index in [-0.39, 0.29) is 0 Å². The summed E-state index contributed by atoms with van der Waals surface area (Å²) in [6.07, 6.45) is -4.10. The smallest absolute Gasteiger partial charge is 0.170 e. The molecule has 1 aromatic carbocycles. The quantitative estimate of drug-likeness (QED) is 0.729. The van der Waals surface area contributed by atoms with Gasteiger partial charge in [-0.25, -0.2) is 0 Å². The fourth-order valence-electron chi connectivity index (χ4n) is 0.722. The normalized spacial score (nSPS) is 11.7. The summed E-state index contributed by atoms with van der Waals surface area (Å²) in [5.41, 5.74) is 0. The van der Waals surface area contributed by atoms with Crippen LogP contribution in [0.1, 0.15) is 0 Å². The molecule has 1 aromatic rings. The summed E-state index contributed by atoms with van der Waals surface area (Å²) in [5, 5.41) is 0. The second kappa shape index (κ2) is 4.37. The van der Waals surface area contributed by atoms with Crippen LogP contribution in [0.15, 0.2) is 33.6 Å². The summed E-state index contributed by atoms with van der Waals surface area (Å²) in [6, 6.07) is 6.80. The summed E-state index contributed by atoms with van der Waals surface area (Å²) in [5.74, 6) is -0.844. The van der Waals surface area contributed by atoms with Gasteiger partial charge in [0.25, 0.3) is 0 Å². The third-order valence-corrected chi connectivity index (χ3v) is 2.75. The minimum atomic E-state index is -4.10. The fraction of sp³-hybridized carbons (Fsp3) is 0.250. The maximum Gasteiger partial charge on any atom is 0.398 e. The summed E-state index contributed by atoms with van der Waals surface area (Å²) in [7, 11) is 0. The topological polar surface area (TPSA) is 0 Å². The number of halogens is 4. The van der Waals surface area contributed by atoms with Gasteiger partial charge in [-0.1, -0.05) is 22.0 Å². The van der Waals surface area contributed by atoms with Crippen molar-refractivity contribution < 1.29 is 13.2 Å². The number of rotatable bonds is 2. The third kappa shape index (κ3) is 4.57. The van der Waals surface area contributed by atoms with Crippen LogP contribution in [0.4, 0.5) is 13.2 Å². The average molecular weight is 271 g/mol. The molecule has 0 radical (unpaired) electrons. The van der Waals surface area contributed by atoms with Gasteiger partial charge in [-0.05, 0) is 18.2 Å². The zero-order chi connectivity index (χ0) is 9.90. The van der Waals surface area contributed by atoms with Crippen molar-refractivity contribution in [1.29, 1.82) is 0 Å². The molecule has 0 unspecified atom stereocenters. The van der Waals surface area contributed by atoms with Gasteiger partial charge in [0.05, 0.1) is 5.75 Å². The van der Waals surface area contributed by atoms with Gasteiger partial charge in [-0.15, -0.1) is 11.8 Å². The molecule has 0 saturated carbocycles. The molecule has 0 bridgehead atoms. The van der Waals surface area contributed by atoms with Crippen molar-refractivity contribution in [3.05, 3.63) is 28.7 Å². The molecular weight excluding hydrogens is 265 g/mol. The Bertz CT molecular complexity index is 285. The Morgan fingerprint density at radius 1 is 1.31 bits per heavy atom. The van der Waals surface area contributed by atoms with Gasteiger partial charge in [0.2, 0.25) is 0 Å². The predicted octanol–water partition coefficient (Wildman–Crippen LogP) is 4.10. The summed E-state index contributed by atoms with van der Waals surface area (Å²) < 4.78 is 36.2. The van der Waals surface area contributed by atoms with Gasteiger partial charge in [-0.3, -0.25) is 0 Å². The first-order chi connectivity index (χ1) is 5.97. The Balaban J connectivity index is 2.55. The van der Waals surface area contributed by atoms with Crippen LogP contribution in [0, 0.1) is 0 Å². The Morgan fingerprint density at radius 3 is 2.54 bits per heavy atom. The first-order valence-electron chi connectivity index (χ1n) is 3.42. The first-order valence-corrected chi connectivity index (χ1v) is 5.20. The van der Waals surface area contributed by atoms with E-state index in [4.69, 9.17) is 0 Å². The van der Waals surface area contributed by atoms with Gasteiger partial charge in [-0.2, -0.15) is 13.2 Å². The van der Waals surface area contributed by atoms with Gasteiger partial charge in [0.1, 0.15) is 0 Å². The standard InChI is InChI=1S/C8H6BrF3S/c9-6-2-1-3-7(4-6)13-5-8(10,11)12/h1-4H,5H2. The predicted molar refractivity (Wildman–Crippen MR) is 50.9 cm³/mol. The summed E-state index contributed by atoms with van der Waals surface area (Å²) in [4.78, 5) is 0.617. The van der Waals surface area contributed by atoms with Crippen LogP contribution in [-0.2, 0) is 0 Å². The van der Waals surface area contributed by atoms with E-state index in [1.54, 1.807) is 24.3 Å². The minimum absolute atomic E-state index is 0.617. The van der Waals surface area contributed by atoms with Crippen LogP contribution in [0.25, 0.3) is 0 Å². The molecule has 0 aliphatic rings. The Hall–Kier alpha value is -0.160. The molecule has 0 fully saturated rings. The molecule has 0 heterocycles. The molecule has 0 saturated heterocycles. The molecule has 0 N–H and O–H groups in total. The summed E-state index contributed by atoms with van der Waals surface area (Å²) in [6.45, 7) is 0. The van der Waals surface area contributed by atoms with Crippen molar-refractivity contribution in [1.82, 2.24) is 0 Å². The second-order valence-electron chi connectivity index (χ2n) is 2.36. The van der Waals surface area contributed by atoms with E-state index in [2.05, 4.69) is 15.9 Å². The minimum Gasteiger partial charge on any atom is -0.170 e. The van der Waals surface area contributed by atoms with Crippen LogP contribution in [0.5, 0.6) is 0 Å². The SMILES string of the molecule is FC(F)(F)CSc1cccc(Br)c1. The van der Waals surface area contributed by atoms with Crippen LogP contribution < -0.4 is 0 Å². The largest absolute Gasteiger partial charge is 0.398 e. The van der Waals surface area contributed by atoms with Crippen molar-refractivity contribution in [3.63, 3.8) is 0 Å². The van der Waals surface area contributed by atoms with Crippen molar-refractivity contribution in [2.45, 2.75) is 11.1 Å². The number of hydrogen-bond donors (Lipinski definition) is 0. The molecule has 5 heteroatoms. The lowest BCUT2D eigenvalue weighted by atomic mass is 10.4. The van der Waals surface area contributed by atoms with Gasteiger partial charge >= 0.3 is 6.18 Å². The average Bonchev–Trinajstić information content (AvgIpc) is 2.00. The van der Waals surface area contributed by atoms with Crippen molar-refractivity contribution in [2.75, 3.05) is 5.75 Å². The van der Waals surface area contributed by atoms with Crippen molar-refractivity contribution in [3.8, 4) is 0 Å². The molecule has 0 aliphatic carbocycles. The molecule has 0 aliphatic heterocycles. The Labute approximate surface area is 86.6 Å². The lowest BCUT2D eigenvalue weighted by Crippen LogP contribution is -2.10. The lowest BCUT2D eigenvalue weighted by molar-refractivity contribution is -0.105. The number of alkyl halides is 3. The van der Waals surface area contributed by atoms with Crippen LogP contribution in [-0.4, -0.2) is 11.9 Å². The van der Waals surface area contributed by atoms with Gasteiger partial charge in [0, 0.05) is 9.37 Å². The Morgan fingerprint density at radius 2 is 2.00 bits per heavy atom. The zero-order valence-corrected chi connectivity index (χ0v) is 8.84. The van der Waals surface area contributed by atoms with E-state index in [1.165, 1.54) is 0 Å². The van der Waals surface area contributed by atoms with E-state index >= 15 is 0 Å². The molecular formula is C8H6BrF3S. The van der Waals surface area contributed by atoms with E-state index in [0.29, 0.717) is 4.90 Å². The molecule has 0 nitrogen and oxygen atoms in total. The van der Waals surface area contributed by atoms with Crippen molar-refractivity contribution in [2.24, 2.45) is 0 Å². The first kappa shape index (κ1) is 10.9. The molecule has 0 atom stereocenters. The monoisotopic (exact) mass is 270 g/mol. The molecule has 0 spiro atoms. The number of benzene rings is 1. The molecule has 13 heavy (non-hydrogen) atoms. The highest BCUT2D eigenvalue weighted by Gasteiger charge is 2.27. The van der Waals surface area contributed by atoms with Crippen molar-refractivity contribution >= 4 is 27.7 Å². The van der Waals surface area contributed by atoms with E-state index in [9.17, 15) is 13.2 Å². The molecule has 0 aromatic heterocycles. The molecule has 0 amide bonds. The van der Waals surface area contributed by atoms with Crippen LogP contribution in [0.2, 0.25) is 0 Å². The molecule has 72 valence electrons. The molecule has 1 rings (SSSR count). The zero-order valence-electron chi connectivity index (χ0n) is 6.44. The van der Waals surface area contributed by atoms with E-state index in [0.717, 1.165) is 16.2 Å². The second-order valence-corrected chi connectivity index (χ2v) is 4.33. The third-order valence-electron chi connectivity index (χ3n) is 1.20. The van der Waals surface area contributed by atoms with Crippen LogP contribution in [0.3, 0.4) is 0 Å². The highest BCUT2D eigenvalue weighted by atomic mass is 79.9. The van der Waals surface area contributed by atoms with E-state index in [1.807, 2.05) is 0 Å². The highest BCUT2D eigenvalue weighted by Crippen LogP contribution is 2.28. The van der Waals surface area contributed by atoms with Gasteiger partial charge in [0.15, 0.2) is 0 Å². The summed E-state index contributed by atoms with van der Waals surface area (Å²) >= 11 is 3.97. The number of hydrogen-bond acceptors (Lipinski definition) is 1. The lowest BCUT2D eigenvalue weighted by Gasteiger charge is -2.05. The van der Waals surface area contributed by atoms with E-state index < -0.39 is 11.9 Å².